The van der Waals surface area contributed by atoms with E-state index in [2.05, 4.69) is 5.32 Å². The van der Waals surface area contributed by atoms with Gasteiger partial charge in [-0.3, -0.25) is 14.9 Å². The summed E-state index contributed by atoms with van der Waals surface area (Å²) in [6.45, 7) is 2.87. The first-order chi connectivity index (χ1) is 15.0. The van der Waals surface area contributed by atoms with Gasteiger partial charge in [-0.25, -0.2) is 4.39 Å². The van der Waals surface area contributed by atoms with Gasteiger partial charge in [-0.15, -0.1) is 0 Å². The fourth-order valence-corrected chi connectivity index (χ4v) is 4.03. The number of nitro benzene ring substituents is 1. The third-order valence-corrected chi connectivity index (χ3v) is 5.73. The molecule has 2 saturated heterocycles. The summed E-state index contributed by atoms with van der Waals surface area (Å²) in [4.78, 5) is 27.2. The van der Waals surface area contributed by atoms with Crippen molar-refractivity contribution < 1.29 is 18.8 Å². The summed E-state index contributed by atoms with van der Waals surface area (Å²) in [6, 6.07) is 11.5. The molecule has 0 bridgehead atoms. The van der Waals surface area contributed by atoms with Gasteiger partial charge in [-0.05, 0) is 31.0 Å². The van der Waals surface area contributed by atoms with Crippen LogP contribution in [0.2, 0.25) is 0 Å². The van der Waals surface area contributed by atoms with Crippen molar-refractivity contribution in [3.05, 3.63) is 64.0 Å². The molecule has 2 aliphatic rings. The molecule has 0 unspecified atom stereocenters. The molecule has 2 fully saturated rings. The first-order valence-electron chi connectivity index (χ1n) is 10.5. The molecule has 1 amide bonds. The van der Waals surface area contributed by atoms with E-state index in [-0.39, 0.29) is 23.4 Å². The van der Waals surface area contributed by atoms with E-state index in [0.29, 0.717) is 50.6 Å². The van der Waals surface area contributed by atoms with E-state index in [9.17, 15) is 19.3 Å². The van der Waals surface area contributed by atoms with Gasteiger partial charge in [-0.2, -0.15) is 0 Å². The Bertz CT molecular complexity index is 942. The second-order valence-electron chi connectivity index (χ2n) is 7.74. The van der Waals surface area contributed by atoms with Crippen LogP contribution in [0.3, 0.4) is 0 Å². The summed E-state index contributed by atoms with van der Waals surface area (Å²) in [5, 5.41) is 14.6. The molecule has 0 radical (unpaired) electrons. The van der Waals surface area contributed by atoms with Crippen LogP contribution in [-0.4, -0.2) is 61.2 Å². The number of piperazine rings is 1. The van der Waals surface area contributed by atoms with Crippen LogP contribution in [0.25, 0.3) is 0 Å². The Morgan fingerprint density at radius 3 is 2.58 bits per heavy atom. The second-order valence-corrected chi connectivity index (χ2v) is 7.74. The summed E-state index contributed by atoms with van der Waals surface area (Å²) in [5.41, 5.74) is 0.916. The van der Waals surface area contributed by atoms with Crippen molar-refractivity contribution in [2.75, 3.05) is 49.5 Å². The van der Waals surface area contributed by atoms with Crippen molar-refractivity contribution in [2.24, 2.45) is 0 Å². The van der Waals surface area contributed by atoms with E-state index < -0.39 is 10.7 Å². The number of benzene rings is 2. The van der Waals surface area contributed by atoms with Crippen molar-refractivity contribution in [3.8, 4) is 0 Å². The molecule has 1 N–H and O–H groups in total. The number of ether oxygens (including phenoxy) is 1. The normalized spacial score (nSPS) is 18.8. The highest BCUT2D eigenvalue weighted by Gasteiger charge is 2.28. The fourth-order valence-electron chi connectivity index (χ4n) is 4.03. The second kappa shape index (κ2) is 9.30. The first-order valence-corrected chi connectivity index (χ1v) is 10.5. The third kappa shape index (κ3) is 4.77. The maximum atomic E-state index is 14.5. The minimum atomic E-state index is -0.661. The zero-order valence-electron chi connectivity index (χ0n) is 17.1. The Morgan fingerprint density at radius 1 is 1.19 bits per heavy atom. The van der Waals surface area contributed by atoms with Crippen LogP contribution in [0.4, 0.5) is 21.5 Å². The molecule has 0 spiro atoms. The topological polar surface area (TPSA) is 88.0 Å². The molecule has 2 heterocycles. The number of nitrogens with zero attached hydrogens (tertiary/aromatic N) is 3. The van der Waals surface area contributed by atoms with E-state index in [1.54, 1.807) is 17.0 Å². The molecule has 2 aromatic carbocycles. The van der Waals surface area contributed by atoms with Gasteiger partial charge in [0, 0.05) is 44.9 Å². The molecule has 8 nitrogen and oxygen atoms in total. The van der Waals surface area contributed by atoms with Gasteiger partial charge < -0.3 is 19.9 Å². The third-order valence-electron chi connectivity index (χ3n) is 5.73. The highest BCUT2D eigenvalue weighted by Crippen LogP contribution is 2.34. The fraction of sp³-hybridized carbons (Fsp3) is 0.409. The molecule has 164 valence electrons. The molecule has 9 heteroatoms. The molecule has 0 saturated carbocycles. The summed E-state index contributed by atoms with van der Waals surface area (Å²) < 4.78 is 20.1. The minimum absolute atomic E-state index is 0.0191. The Morgan fingerprint density at radius 2 is 1.94 bits per heavy atom. The molecule has 1 atom stereocenters. The van der Waals surface area contributed by atoms with Crippen molar-refractivity contribution >= 4 is 23.0 Å². The van der Waals surface area contributed by atoms with Crippen molar-refractivity contribution in [2.45, 2.75) is 18.9 Å². The Hall–Kier alpha value is -3.20. The number of nitrogens with one attached hydrogen (secondary N) is 1. The van der Waals surface area contributed by atoms with Crippen molar-refractivity contribution in [3.63, 3.8) is 0 Å². The van der Waals surface area contributed by atoms with E-state index in [0.717, 1.165) is 18.9 Å². The van der Waals surface area contributed by atoms with Gasteiger partial charge in [0.2, 0.25) is 0 Å². The van der Waals surface area contributed by atoms with Gasteiger partial charge in [0.1, 0.15) is 5.69 Å². The predicted octanol–water partition coefficient (Wildman–Crippen LogP) is 3.29. The quantitative estimate of drug-likeness (QED) is 0.561. The lowest BCUT2D eigenvalue weighted by molar-refractivity contribution is -0.384. The summed E-state index contributed by atoms with van der Waals surface area (Å²) >= 11 is 0. The van der Waals surface area contributed by atoms with Gasteiger partial charge in [-0.1, -0.05) is 18.2 Å². The van der Waals surface area contributed by atoms with Crippen LogP contribution in [-0.2, 0) is 4.74 Å². The number of amides is 1. The number of carbonyl (C=O) groups is 1. The van der Waals surface area contributed by atoms with Crippen LogP contribution < -0.4 is 10.2 Å². The van der Waals surface area contributed by atoms with Crippen molar-refractivity contribution in [1.29, 1.82) is 0 Å². The van der Waals surface area contributed by atoms with Crippen LogP contribution in [0.1, 0.15) is 23.2 Å². The zero-order chi connectivity index (χ0) is 21.8. The molecule has 2 aliphatic heterocycles. The van der Waals surface area contributed by atoms with Gasteiger partial charge in [0.05, 0.1) is 22.8 Å². The van der Waals surface area contributed by atoms with E-state index in [1.165, 1.54) is 6.07 Å². The lowest BCUT2D eigenvalue weighted by atomic mass is 10.1. The van der Waals surface area contributed by atoms with Crippen molar-refractivity contribution in [1.82, 2.24) is 4.90 Å². The summed E-state index contributed by atoms with van der Waals surface area (Å²) in [5.74, 6) is -0.723. The number of anilines is 2. The smallest absolute Gasteiger partial charge is 0.295 e. The number of rotatable bonds is 6. The van der Waals surface area contributed by atoms with E-state index in [1.807, 2.05) is 23.1 Å². The highest BCUT2D eigenvalue weighted by molar-refractivity contribution is 5.94. The SMILES string of the molecule is O=C(c1ccccc1)N1CCN(c2cc(NC[C@@H]3CCCO3)c(F)cc2[N+](=O)[O-])CC1. The molecule has 31 heavy (non-hydrogen) atoms. The molecule has 0 aliphatic carbocycles. The molecule has 4 rings (SSSR count). The molecule has 2 aromatic rings. The molecular weight excluding hydrogens is 403 g/mol. The molecule has 0 aromatic heterocycles. The lowest BCUT2D eigenvalue weighted by Gasteiger charge is -2.36. The number of nitro groups is 1. The zero-order valence-corrected chi connectivity index (χ0v) is 17.1. The Balaban J connectivity index is 1.48. The van der Waals surface area contributed by atoms with E-state index in [4.69, 9.17) is 4.74 Å². The summed E-state index contributed by atoms with van der Waals surface area (Å²) in [6.07, 6.45) is 1.91. The van der Waals surface area contributed by atoms with Gasteiger partial charge >= 0.3 is 0 Å². The van der Waals surface area contributed by atoms with Crippen LogP contribution in [0.5, 0.6) is 0 Å². The van der Waals surface area contributed by atoms with Gasteiger partial charge in [0.25, 0.3) is 11.6 Å². The number of carbonyl (C=O) groups excluding carboxylic acids is 1. The summed E-state index contributed by atoms with van der Waals surface area (Å²) in [7, 11) is 0. The number of hydrogen-bond donors (Lipinski definition) is 1. The van der Waals surface area contributed by atoms with Crippen LogP contribution >= 0.6 is 0 Å². The monoisotopic (exact) mass is 428 g/mol. The van der Waals surface area contributed by atoms with Crippen LogP contribution in [0, 0.1) is 15.9 Å². The maximum absolute atomic E-state index is 14.5. The van der Waals surface area contributed by atoms with Crippen LogP contribution in [0.15, 0.2) is 42.5 Å². The maximum Gasteiger partial charge on any atom is 0.295 e. The standard InChI is InChI=1S/C22H25FN4O4/c23-18-13-21(27(29)30)20(14-19(18)24-15-17-7-4-12-31-17)25-8-10-26(11-9-25)22(28)16-5-2-1-3-6-16/h1-3,5-6,13-14,17,24H,4,7-12,15H2/t17-/m0/s1. The average molecular weight is 428 g/mol. The molecular formula is C22H25FN4O4. The Labute approximate surface area is 179 Å². The van der Waals surface area contributed by atoms with Gasteiger partial charge in [0.15, 0.2) is 5.82 Å². The average Bonchev–Trinajstić information content (AvgIpc) is 3.32. The first kappa shape index (κ1) is 21.0. The predicted molar refractivity (Wildman–Crippen MR) is 115 cm³/mol. The van der Waals surface area contributed by atoms with E-state index >= 15 is 0 Å². The lowest BCUT2D eigenvalue weighted by Crippen LogP contribution is -2.49. The Kier molecular flexibility index (Phi) is 6.31. The number of hydrogen-bond acceptors (Lipinski definition) is 6. The number of halogens is 1. The minimum Gasteiger partial charge on any atom is -0.380 e. The highest BCUT2D eigenvalue weighted by atomic mass is 19.1. The largest absolute Gasteiger partial charge is 0.380 e.